The summed E-state index contributed by atoms with van der Waals surface area (Å²) in [6.45, 7) is 1.79. The van der Waals surface area contributed by atoms with Gasteiger partial charge in [-0.05, 0) is 37.3 Å². The van der Waals surface area contributed by atoms with E-state index >= 15 is 0 Å². The number of carbonyl (C=O) groups is 1. The Balaban J connectivity index is 1.73. The fourth-order valence-electron chi connectivity index (χ4n) is 2.36. The highest BCUT2D eigenvalue weighted by Gasteiger charge is 2.19. The van der Waals surface area contributed by atoms with Crippen LogP contribution >= 0.6 is 11.8 Å². The molecule has 1 N–H and O–H groups in total. The minimum Gasteiger partial charge on any atom is -0.497 e. The summed E-state index contributed by atoms with van der Waals surface area (Å²) in [5.74, 6) is 0.538. The van der Waals surface area contributed by atoms with Crippen molar-refractivity contribution in [2.75, 3.05) is 12.4 Å². The zero-order chi connectivity index (χ0) is 19.2. The third-order valence-electron chi connectivity index (χ3n) is 3.76. The molecule has 0 saturated carbocycles. The molecular weight excluding hydrogens is 362 g/mol. The van der Waals surface area contributed by atoms with Gasteiger partial charge in [0.1, 0.15) is 12.1 Å². The molecule has 0 saturated heterocycles. The number of carbonyl (C=O) groups excluding carboxylic acids is 1. The van der Waals surface area contributed by atoms with Crippen LogP contribution in [0.5, 0.6) is 5.75 Å². The first kappa shape index (κ1) is 18.5. The zero-order valence-corrected chi connectivity index (χ0v) is 15.6. The smallest absolute Gasteiger partial charge is 0.237 e. The fraction of sp³-hybridized carbons (Fsp3) is 0.158. The van der Waals surface area contributed by atoms with Crippen LogP contribution in [-0.4, -0.2) is 33.0 Å². The second-order valence-electron chi connectivity index (χ2n) is 5.63. The third kappa shape index (κ3) is 4.46. The quantitative estimate of drug-likeness (QED) is 0.661. The number of amides is 1. The van der Waals surface area contributed by atoms with Gasteiger partial charge in [0.2, 0.25) is 5.91 Å². The molecule has 0 spiro atoms. The van der Waals surface area contributed by atoms with E-state index in [1.807, 2.05) is 24.3 Å². The molecule has 0 radical (unpaired) electrons. The number of hydrogen-bond donors (Lipinski definition) is 1. The number of rotatable bonds is 6. The van der Waals surface area contributed by atoms with E-state index in [0.717, 1.165) is 11.4 Å². The van der Waals surface area contributed by atoms with Crippen LogP contribution < -0.4 is 10.1 Å². The van der Waals surface area contributed by atoms with Crippen molar-refractivity contribution >= 4 is 23.4 Å². The first-order chi connectivity index (χ1) is 13.1. The van der Waals surface area contributed by atoms with Crippen molar-refractivity contribution in [3.63, 3.8) is 0 Å². The van der Waals surface area contributed by atoms with E-state index in [1.165, 1.54) is 11.8 Å². The van der Waals surface area contributed by atoms with Gasteiger partial charge < -0.3 is 10.1 Å². The molecule has 1 atom stereocenters. The van der Waals surface area contributed by atoms with Crippen LogP contribution in [0, 0.1) is 11.3 Å². The van der Waals surface area contributed by atoms with Crippen molar-refractivity contribution in [3.05, 3.63) is 60.4 Å². The average Bonchev–Trinajstić information content (AvgIpc) is 3.16. The third-order valence-corrected chi connectivity index (χ3v) is 4.82. The number of nitriles is 1. The number of nitrogens with one attached hydrogen (secondary N) is 1. The van der Waals surface area contributed by atoms with Crippen molar-refractivity contribution in [3.8, 4) is 17.5 Å². The number of nitrogens with zero attached hydrogens (tertiary/aromatic N) is 4. The van der Waals surface area contributed by atoms with E-state index in [0.29, 0.717) is 16.4 Å². The van der Waals surface area contributed by atoms with Gasteiger partial charge in [0.15, 0.2) is 5.16 Å². The van der Waals surface area contributed by atoms with Crippen LogP contribution in [0.2, 0.25) is 0 Å². The molecule has 3 rings (SSSR count). The number of benzene rings is 2. The Hall–Kier alpha value is -3.31. The number of methoxy groups -OCH3 is 1. The summed E-state index contributed by atoms with van der Waals surface area (Å²) in [5.41, 5.74) is 1.92. The zero-order valence-electron chi connectivity index (χ0n) is 14.8. The van der Waals surface area contributed by atoms with Crippen molar-refractivity contribution in [2.45, 2.75) is 17.3 Å². The van der Waals surface area contributed by atoms with E-state index in [9.17, 15) is 4.79 Å². The maximum atomic E-state index is 12.5. The lowest BCUT2D eigenvalue weighted by Gasteiger charge is -2.13. The Labute approximate surface area is 161 Å². The summed E-state index contributed by atoms with van der Waals surface area (Å²) in [4.78, 5) is 12.5. The highest BCUT2D eigenvalue weighted by atomic mass is 32.2. The van der Waals surface area contributed by atoms with Crippen molar-refractivity contribution in [1.29, 1.82) is 5.26 Å². The summed E-state index contributed by atoms with van der Waals surface area (Å²) in [6, 6.07) is 16.3. The topological polar surface area (TPSA) is 92.8 Å². The molecule has 1 aromatic heterocycles. The Bertz CT molecular complexity index is 996. The lowest BCUT2D eigenvalue weighted by Crippen LogP contribution is -2.22. The molecule has 7 nitrogen and oxygen atoms in total. The van der Waals surface area contributed by atoms with Gasteiger partial charge in [0, 0.05) is 11.8 Å². The Morgan fingerprint density at radius 3 is 2.89 bits per heavy atom. The van der Waals surface area contributed by atoms with Gasteiger partial charge in [-0.25, -0.2) is 0 Å². The number of aromatic nitrogens is 3. The second kappa shape index (κ2) is 8.38. The molecule has 2 aromatic carbocycles. The van der Waals surface area contributed by atoms with Gasteiger partial charge in [0.05, 0.1) is 29.7 Å². The molecule has 27 heavy (non-hydrogen) atoms. The molecule has 8 heteroatoms. The lowest BCUT2D eigenvalue weighted by atomic mass is 10.2. The van der Waals surface area contributed by atoms with E-state index in [-0.39, 0.29) is 5.91 Å². The van der Waals surface area contributed by atoms with Gasteiger partial charge in [-0.15, -0.1) is 10.2 Å². The maximum Gasteiger partial charge on any atom is 0.237 e. The van der Waals surface area contributed by atoms with Crippen LogP contribution in [0.15, 0.2) is 60.0 Å². The molecule has 0 aliphatic rings. The monoisotopic (exact) mass is 379 g/mol. The van der Waals surface area contributed by atoms with Crippen LogP contribution in [0.25, 0.3) is 5.69 Å². The fourth-order valence-corrected chi connectivity index (χ4v) is 3.21. The first-order valence-corrected chi connectivity index (χ1v) is 9.01. The minimum atomic E-state index is -0.413. The standard InChI is InChI=1S/C19H17N5O2S/c1-13(18(25)22-15-6-3-5-14(9-15)11-20)27-19-23-21-12-24(19)16-7-4-8-17(10-16)26-2/h3-10,12-13H,1-2H3,(H,22,25). The molecule has 1 heterocycles. The van der Waals surface area contributed by atoms with Crippen LogP contribution in [0.1, 0.15) is 12.5 Å². The van der Waals surface area contributed by atoms with Gasteiger partial charge in [-0.2, -0.15) is 5.26 Å². The number of hydrogen-bond acceptors (Lipinski definition) is 6. The summed E-state index contributed by atoms with van der Waals surface area (Å²) < 4.78 is 7.05. The van der Waals surface area contributed by atoms with E-state index in [1.54, 1.807) is 49.2 Å². The average molecular weight is 379 g/mol. The number of anilines is 1. The lowest BCUT2D eigenvalue weighted by molar-refractivity contribution is -0.115. The summed E-state index contributed by atoms with van der Waals surface area (Å²) >= 11 is 1.29. The molecule has 0 aliphatic heterocycles. The maximum absolute atomic E-state index is 12.5. The highest BCUT2D eigenvalue weighted by Crippen LogP contribution is 2.26. The predicted octanol–water partition coefficient (Wildman–Crippen LogP) is 3.27. The van der Waals surface area contributed by atoms with Gasteiger partial charge in [-0.1, -0.05) is 23.9 Å². The number of ether oxygens (including phenoxy) is 1. The summed E-state index contributed by atoms with van der Waals surface area (Å²) in [7, 11) is 1.61. The van der Waals surface area contributed by atoms with E-state index in [4.69, 9.17) is 10.00 Å². The molecule has 3 aromatic rings. The van der Waals surface area contributed by atoms with Gasteiger partial charge >= 0.3 is 0 Å². The summed E-state index contributed by atoms with van der Waals surface area (Å²) in [6.07, 6.45) is 1.60. The van der Waals surface area contributed by atoms with Gasteiger partial charge in [0.25, 0.3) is 0 Å². The van der Waals surface area contributed by atoms with Crippen molar-refractivity contribution in [1.82, 2.24) is 14.8 Å². The molecule has 0 aliphatic carbocycles. The minimum absolute atomic E-state index is 0.185. The SMILES string of the molecule is COc1cccc(-n2cnnc2SC(C)C(=O)Nc2cccc(C#N)c2)c1. The first-order valence-electron chi connectivity index (χ1n) is 8.13. The van der Waals surface area contributed by atoms with Crippen LogP contribution in [0.4, 0.5) is 5.69 Å². The normalized spacial score (nSPS) is 11.4. The summed E-state index contributed by atoms with van der Waals surface area (Å²) in [5, 5.41) is 20.0. The molecular formula is C19H17N5O2S. The largest absolute Gasteiger partial charge is 0.497 e. The Morgan fingerprint density at radius 2 is 2.11 bits per heavy atom. The highest BCUT2D eigenvalue weighted by molar-refractivity contribution is 8.00. The Morgan fingerprint density at radius 1 is 1.30 bits per heavy atom. The molecule has 1 unspecified atom stereocenters. The Kier molecular flexibility index (Phi) is 5.74. The molecule has 0 fully saturated rings. The number of thioether (sulfide) groups is 1. The van der Waals surface area contributed by atoms with E-state index in [2.05, 4.69) is 21.6 Å². The van der Waals surface area contributed by atoms with Crippen molar-refractivity contribution in [2.24, 2.45) is 0 Å². The van der Waals surface area contributed by atoms with Gasteiger partial charge in [-0.3, -0.25) is 9.36 Å². The van der Waals surface area contributed by atoms with Crippen molar-refractivity contribution < 1.29 is 9.53 Å². The van der Waals surface area contributed by atoms with Crippen LogP contribution in [0.3, 0.4) is 0 Å². The second-order valence-corrected chi connectivity index (χ2v) is 6.93. The molecule has 0 bridgehead atoms. The predicted molar refractivity (Wildman–Crippen MR) is 103 cm³/mol. The van der Waals surface area contributed by atoms with E-state index < -0.39 is 5.25 Å². The molecule has 1 amide bonds. The van der Waals surface area contributed by atoms with Crippen LogP contribution in [-0.2, 0) is 4.79 Å². The molecule has 136 valence electrons.